The van der Waals surface area contributed by atoms with Crippen LogP contribution in [0, 0.1) is 0 Å². The van der Waals surface area contributed by atoms with Crippen molar-refractivity contribution in [1.29, 1.82) is 0 Å². The van der Waals surface area contributed by atoms with E-state index in [9.17, 15) is 9.59 Å². The lowest BCUT2D eigenvalue weighted by Gasteiger charge is -2.19. The molecule has 0 aromatic heterocycles. The molecule has 2 N–H and O–H groups in total. The molecule has 1 aromatic rings. The number of alkyl carbamates (subject to hydrolysis) is 1. The van der Waals surface area contributed by atoms with Gasteiger partial charge >= 0.3 is 6.09 Å². The molecule has 0 saturated heterocycles. The van der Waals surface area contributed by atoms with Crippen molar-refractivity contribution in [3.05, 3.63) is 33.8 Å². The first-order valence-corrected chi connectivity index (χ1v) is 7.55. The van der Waals surface area contributed by atoms with Crippen molar-refractivity contribution < 1.29 is 14.3 Å². The van der Waals surface area contributed by atoms with E-state index in [2.05, 4.69) is 26.6 Å². The van der Waals surface area contributed by atoms with E-state index in [0.29, 0.717) is 18.7 Å². The molecule has 0 spiro atoms. The van der Waals surface area contributed by atoms with Crippen molar-refractivity contribution >= 4 is 27.9 Å². The zero-order valence-corrected chi connectivity index (χ0v) is 14.3. The number of hydrogen-bond acceptors (Lipinski definition) is 3. The number of hydrogen-bond donors (Lipinski definition) is 2. The van der Waals surface area contributed by atoms with Gasteiger partial charge in [0.25, 0.3) is 5.91 Å². The van der Waals surface area contributed by atoms with Crippen LogP contribution in [0.1, 0.15) is 43.6 Å². The fourth-order valence-corrected chi connectivity index (χ4v) is 2.18. The first-order valence-electron chi connectivity index (χ1n) is 6.76. The first kappa shape index (κ1) is 17.5. The van der Waals surface area contributed by atoms with Crippen molar-refractivity contribution in [2.75, 3.05) is 6.54 Å². The zero-order chi connectivity index (χ0) is 16.0. The zero-order valence-electron chi connectivity index (χ0n) is 12.7. The third-order valence-corrected chi connectivity index (χ3v) is 2.85. The predicted molar refractivity (Wildman–Crippen MR) is 85.2 cm³/mol. The maximum atomic E-state index is 11.8. The van der Waals surface area contributed by atoms with E-state index in [4.69, 9.17) is 4.74 Å². The average Bonchev–Trinajstić information content (AvgIpc) is 2.34. The monoisotopic (exact) mass is 356 g/mol. The van der Waals surface area contributed by atoms with Gasteiger partial charge in [0.1, 0.15) is 5.60 Å². The van der Waals surface area contributed by atoms with Crippen LogP contribution in [0.5, 0.6) is 0 Å². The molecule has 1 aromatic carbocycles. The third kappa shape index (κ3) is 6.62. The van der Waals surface area contributed by atoms with Crippen LogP contribution in [0.3, 0.4) is 0 Å². The van der Waals surface area contributed by atoms with E-state index >= 15 is 0 Å². The maximum absolute atomic E-state index is 11.8. The Balaban J connectivity index is 2.71. The highest BCUT2D eigenvalue weighted by Crippen LogP contribution is 2.16. The van der Waals surface area contributed by atoms with E-state index in [1.807, 2.05) is 13.0 Å². The second-order valence-electron chi connectivity index (χ2n) is 5.56. The number of halogens is 1. The van der Waals surface area contributed by atoms with Crippen LogP contribution >= 0.6 is 15.9 Å². The minimum atomic E-state index is -0.534. The summed E-state index contributed by atoms with van der Waals surface area (Å²) >= 11 is 3.36. The second-order valence-corrected chi connectivity index (χ2v) is 6.48. The number of rotatable bonds is 4. The Bertz CT molecular complexity index is 524. The molecule has 0 atom stereocenters. The van der Waals surface area contributed by atoms with Gasteiger partial charge in [-0.15, -0.1) is 0 Å². The van der Waals surface area contributed by atoms with Crippen LogP contribution < -0.4 is 10.6 Å². The Morgan fingerprint density at radius 3 is 2.43 bits per heavy atom. The summed E-state index contributed by atoms with van der Waals surface area (Å²) in [6.45, 7) is 8.13. The minimum Gasteiger partial charge on any atom is -0.444 e. The van der Waals surface area contributed by atoms with Crippen LogP contribution in [-0.4, -0.2) is 24.1 Å². The Kier molecular flexibility index (Phi) is 6.20. The molecule has 0 bridgehead atoms. The van der Waals surface area contributed by atoms with E-state index < -0.39 is 11.7 Å². The van der Waals surface area contributed by atoms with Crippen molar-refractivity contribution in [2.24, 2.45) is 0 Å². The fraction of sp³-hybridized carbons (Fsp3) is 0.467. The van der Waals surface area contributed by atoms with Gasteiger partial charge in [-0.2, -0.15) is 0 Å². The Morgan fingerprint density at radius 2 is 1.86 bits per heavy atom. The molecule has 0 saturated carbocycles. The lowest BCUT2D eigenvalue weighted by molar-refractivity contribution is 0.0523. The van der Waals surface area contributed by atoms with Gasteiger partial charge in [-0.3, -0.25) is 4.79 Å². The highest BCUT2D eigenvalue weighted by atomic mass is 79.9. The third-order valence-electron chi connectivity index (χ3n) is 2.39. The molecular weight excluding hydrogens is 336 g/mol. The van der Waals surface area contributed by atoms with Crippen LogP contribution in [0.15, 0.2) is 22.7 Å². The van der Waals surface area contributed by atoms with E-state index in [0.717, 1.165) is 10.0 Å². The molecule has 6 heteroatoms. The summed E-state index contributed by atoms with van der Waals surface area (Å²) in [4.78, 5) is 23.4. The lowest BCUT2D eigenvalue weighted by atomic mass is 10.1. The summed E-state index contributed by atoms with van der Waals surface area (Å²) in [6.07, 6.45) is -0.484. The fourth-order valence-electron chi connectivity index (χ4n) is 1.63. The molecule has 116 valence electrons. The van der Waals surface area contributed by atoms with Gasteiger partial charge in [-0.1, -0.05) is 15.9 Å². The Labute approximate surface area is 133 Å². The topological polar surface area (TPSA) is 67.4 Å². The molecule has 2 amide bonds. The summed E-state index contributed by atoms with van der Waals surface area (Å²) in [6, 6.07) is 5.33. The molecule has 1 rings (SSSR count). The largest absolute Gasteiger partial charge is 0.444 e. The molecule has 0 aliphatic rings. The summed E-state index contributed by atoms with van der Waals surface area (Å²) in [5.74, 6) is -0.141. The van der Waals surface area contributed by atoms with Crippen molar-refractivity contribution in [2.45, 2.75) is 39.8 Å². The molecule has 21 heavy (non-hydrogen) atoms. The first-order chi connectivity index (χ1) is 9.71. The summed E-state index contributed by atoms with van der Waals surface area (Å²) in [5, 5.41) is 5.41. The summed E-state index contributed by atoms with van der Waals surface area (Å²) in [5.41, 5.74) is 0.830. The van der Waals surface area contributed by atoms with Gasteiger partial charge < -0.3 is 15.4 Å². The molecule has 5 nitrogen and oxygen atoms in total. The van der Waals surface area contributed by atoms with Crippen molar-refractivity contribution in [1.82, 2.24) is 10.6 Å². The summed E-state index contributed by atoms with van der Waals surface area (Å²) in [7, 11) is 0. The second kappa shape index (κ2) is 7.45. The Hall–Kier alpha value is -1.56. The minimum absolute atomic E-state index is 0.141. The highest BCUT2D eigenvalue weighted by molar-refractivity contribution is 9.10. The van der Waals surface area contributed by atoms with Crippen molar-refractivity contribution in [3.63, 3.8) is 0 Å². The standard InChI is InChI=1S/C15H21BrN2O3/c1-5-17-13(19)11-6-10(7-12(16)8-11)9-18-14(20)21-15(2,3)4/h6-8H,5,9H2,1-4H3,(H,17,19)(H,18,20). The van der Waals surface area contributed by atoms with Crippen LogP contribution in [-0.2, 0) is 11.3 Å². The predicted octanol–water partition coefficient (Wildman–Crippen LogP) is 3.22. The number of carbonyl (C=O) groups is 2. The van der Waals surface area contributed by atoms with E-state index in [1.165, 1.54) is 0 Å². The van der Waals surface area contributed by atoms with Gasteiger partial charge in [0.05, 0.1) is 0 Å². The normalized spacial score (nSPS) is 10.9. The van der Waals surface area contributed by atoms with Crippen LogP contribution in [0.4, 0.5) is 4.79 Å². The quantitative estimate of drug-likeness (QED) is 0.870. The van der Waals surface area contributed by atoms with E-state index in [-0.39, 0.29) is 5.91 Å². The smallest absolute Gasteiger partial charge is 0.407 e. The van der Waals surface area contributed by atoms with Crippen molar-refractivity contribution in [3.8, 4) is 0 Å². The molecule has 0 aliphatic carbocycles. The molecule has 0 radical (unpaired) electrons. The number of amides is 2. The SMILES string of the molecule is CCNC(=O)c1cc(Br)cc(CNC(=O)OC(C)(C)C)c1. The number of nitrogens with one attached hydrogen (secondary N) is 2. The number of benzene rings is 1. The highest BCUT2D eigenvalue weighted by Gasteiger charge is 2.16. The molecular formula is C15H21BrN2O3. The maximum Gasteiger partial charge on any atom is 0.407 e. The average molecular weight is 357 g/mol. The Morgan fingerprint density at radius 1 is 1.19 bits per heavy atom. The molecule has 0 fully saturated rings. The molecule has 0 heterocycles. The van der Waals surface area contributed by atoms with Gasteiger partial charge in [-0.25, -0.2) is 4.79 Å². The van der Waals surface area contributed by atoms with Crippen LogP contribution in [0.25, 0.3) is 0 Å². The number of ether oxygens (including phenoxy) is 1. The number of carbonyl (C=O) groups excluding carboxylic acids is 2. The summed E-state index contributed by atoms with van der Waals surface area (Å²) < 4.78 is 5.95. The van der Waals surface area contributed by atoms with E-state index in [1.54, 1.807) is 32.9 Å². The molecule has 0 unspecified atom stereocenters. The van der Waals surface area contributed by atoms with Gasteiger partial charge in [-0.05, 0) is 51.5 Å². The molecule has 0 aliphatic heterocycles. The lowest BCUT2D eigenvalue weighted by Crippen LogP contribution is -2.32. The van der Waals surface area contributed by atoms with Gasteiger partial charge in [0, 0.05) is 23.1 Å². The van der Waals surface area contributed by atoms with Gasteiger partial charge in [0.15, 0.2) is 0 Å². The van der Waals surface area contributed by atoms with Crippen LogP contribution in [0.2, 0.25) is 0 Å². The van der Waals surface area contributed by atoms with Gasteiger partial charge in [0.2, 0.25) is 0 Å².